The molecule has 1 aromatic rings. The van der Waals surface area contributed by atoms with Gasteiger partial charge in [-0.25, -0.2) is 4.79 Å². The lowest BCUT2D eigenvalue weighted by Crippen LogP contribution is -2.74. The van der Waals surface area contributed by atoms with Crippen LogP contribution in [-0.4, -0.2) is 47.9 Å². The van der Waals surface area contributed by atoms with E-state index < -0.39 is 0 Å². The molecule has 0 atom stereocenters. The van der Waals surface area contributed by atoms with Gasteiger partial charge in [-0.3, -0.25) is 4.79 Å². The number of benzene rings is 1. The summed E-state index contributed by atoms with van der Waals surface area (Å²) in [5.41, 5.74) is 2.43. The average Bonchev–Trinajstić information content (AvgIpc) is 2.43. The van der Waals surface area contributed by atoms with Gasteiger partial charge in [-0.2, -0.15) is 0 Å². The molecule has 2 aliphatic heterocycles. The van der Waals surface area contributed by atoms with Crippen LogP contribution in [0.1, 0.15) is 11.1 Å². The third kappa shape index (κ3) is 2.71. The standard InChI is InChI=1S/C17H21N3O2/c1-3-15(21)19-9-17(10-19)11-20(12-17)16(22)18-8-14-6-4-13(2)5-7-14/h3-7H,1,8-12H2,2H3,(H,18,22). The van der Waals surface area contributed by atoms with E-state index in [1.165, 1.54) is 11.6 Å². The Kier molecular flexibility index (Phi) is 3.64. The third-order valence-corrected chi connectivity index (χ3v) is 4.44. The largest absolute Gasteiger partial charge is 0.338 e. The van der Waals surface area contributed by atoms with E-state index in [2.05, 4.69) is 11.9 Å². The summed E-state index contributed by atoms with van der Waals surface area (Å²) in [5.74, 6) is -0.0205. The number of carbonyl (C=O) groups is 2. The number of hydrogen-bond acceptors (Lipinski definition) is 2. The van der Waals surface area contributed by atoms with E-state index in [1.807, 2.05) is 36.1 Å². The van der Waals surface area contributed by atoms with Crippen molar-refractivity contribution in [1.29, 1.82) is 0 Å². The zero-order valence-electron chi connectivity index (χ0n) is 12.8. The molecule has 0 saturated carbocycles. The summed E-state index contributed by atoms with van der Waals surface area (Å²) in [5, 5.41) is 2.94. The summed E-state index contributed by atoms with van der Waals surface area (Å²) in [6.07, 6.45) is 1.34. The molecule has 5 nitrogen and oxygen atoms in total. The van der Waals surface area contributed by atoms with Crippen molar-refractivity contribution in [2.24, 2.45) is 5.41 Å². The van der Waals surface area contributed by atoms with Crippen LogP contribution in [0.25, 0.3) is 0 Å². The highest BCUT2D eigenvalue weighted by molar-refractivity contribution is 5.88. The summed E-state index contributed by atoms with van der Waals surface area (Å²) < 4.78 is 0. The van der Waals surface area contributed by atoms with Gasteiger partial charge in [0.15, 0.2) is 0 Å². The van der Waals surface area contributed by atoms with Gasteiger partial charge in [0.25, 0.3) is 0 Å². The zero-order valence-corrected chi connectivity index (χ0v) is 12.8. The molecule has 0 unspecified atom stereocenters. The first kappa shape index (κ1) is 14.6. The van der Waals surface area contributed by atoms with E-state index >= 15 is 0 Å². The van der Waals surface area contributed by atoms with Gasteiger partial charge in [-0.15, -0.1) is 0 Å². The summed E-state index contributed by atoms with van der Waals surface area (Å²) in [4.78, 5) is 27.1. The number of amides is 3. The van der Waals surface area contributed by atoms with E-state index in [1.54, 1.807) is 4.90 Å². The van der Waals surface area contributed by atoms with Crippen molar-refractivity contribution >= 4 is 11.9 Å². The van der Waals surface area contributed by atoms with Gasteiger partial charge in [0.1, 0.15) is 0 Å². The number of nitrogens with zero attached hydrogens (tertiary/aromatic N) is 2. The second-order valence-electron chi connectivity index (χ2n) is 6.40. The molecule has 0 aliphatic carbocycles. The van der Waals surface area contributed by atoms with Crippen molar-refractivity contribution in [3.63, 3.8) is 0 Å². The van der Waals surface area contributed by atoms with Crippen LogP contribution in [0.4, 0.5) is 4.79 Å². The van der Waals surface area contributed by atoms with E-state index in [4.69, 9.17) is 0 Å². The number of aryl methyl sites for hydroxylation is 1. The van der Waals surface area contributed by atoms with Crippen molar-refractivity contribution in [1.82, 2.24) is 15.1 Å². The number of urea groups is 1. The van der Waals surface area contributed by atoms with Crippen LogP contribution in [0.3, 0.4) is 0 Å². The smallest absolute Gasteiger partial charge is 0.317 e. The first-order valence-electron chi connectivity index (χ1n) is 7.51. The lowest BCUT2D eigenvalue weighted by Gasteiger charge is -2.59. The minimum atomic E-state index is -0.0281. The van der Waals surface area contributed by atoms with Gasteiger partial charge in [-0.1, -0.05) is 36.4 Å². The normalized spacial score (nSPS) is 18.4. The molecule has 2 heterocycles. The van der Waals surface area contributed by atoms with E-state index in [0.717, 1.165) is 31.7 Å². The zero-order chi connectivity index (χ0) is 15.7. The monoisotopic (exact) mass is 299 g/mol. The molecule has 3 amide bonds. The predicted molar refractivity (Wildman–Crippen MR) is 84.2 cm³/mol. The fourth-order valence-electron chi connectivity index (χ4n) is 3.15. The molecule has 1 aromatic carbocycles. The van der Waals surface area contributed by atoms with E-state index in [-0.39, 0.29) is 17.4 Å². The Morgan fingerprint density at radius 3 is 2.36 bits per heavy atom. The molecule has 2 saturated heterocycles. The highest BCUT2D eigenvalue weighted by Gasteiger charge is 2.54. The topological polar surface area (TPSA) is 52.7 Å². The Labute approximate surface area is 130 Å². The minimum absolute atomic E-state index is 0.0205. The molecule has 5 heteroatoms. The van der Waals surface area contributed by atoms with E-state index in [0.29, 0.717) is 6.54 Å². The van der Waals surface area contributed by atoms with Crippen LogP contribution < -0.4 is 5.32 Å². The van der Waals surface area contributed by atoms with Crippen molar-refractivity contribution in [2.45, 2.75) is 13.5 Å². The molecule has 3 rings (SSSR count). The Morgan fingerprint density at radius 2 is 1.77 bits per heavy atom. The van der Waals surface area contributed by atoms with Crippen LogP contribution in [-0.2, 0) is 11.3 Å². The molecule has 2 fully saturated rings. The summed E-state index contributed by atoms with van der Waals surface area (Å²) >= 11 is 0. The maximum absolute atomic E-state index is 12.1. The first-order valence-corrected chi connectivity index (χ1v) is 7.51. The maximum Gasteiger partial charge on any atom is 0.317 e. The molecular formula is C17H21N3O2. The average molecular weight is 299 g/mol. The molecule has 2 aliphatic rings. The van der Waals surface area contributed by atoms with Crippen LogP contribution in [0.2, 0.25) is 0 Å². The second-order valence-corrected chi connectivity index (χ2v) is 6.40. The number of likely N-dealkylation sites (tertiary alicyclic amines) is 2. The van der Waals surface area contributed by atoms with Gasteiger partial charge in [0.2, 0.25) is 5.91 Å². The van der Waals surface area contributed by atoms with Gasteiger partial charge in [-0.05, 0) is 18.6 Å². The lowest BCUT2D eigenvalue weighted by molar-refractivity contribution is -0.148. The van der Waals surface area contributed by atoms with Gasteiger partial charge in [0.05, 0.1) is 0 Å². The van der Waals surface area contributed by atoms with Gasteiger partial charge < -0.3 is 15.1 Å². The second kappa shape index (κ2) is 5.48. The highest BCUT2D eigenvalue weighted by atomic mass is 16.2. The molecule has 0 aromatic heterocycles. The quantitative estimate of drug-likeness (QED) is 0.861. The van der Waals surface area contributed by atoms with Gasteiger partial charge >= 0.3 is 6.03 Å². The number of hydrogen-bond donors (Lipinski definition) is 1. The van der Waals surface area contributed by atoms with Crippen molar-refractivity contribution in [3.05, 3.63) is 48.0 Å². The fourth-order valence-corrected chi connectivity index (χ4v) is 3.15. The maximum atomic E-state index is 12.1. The molecular weight excluding hydrogens is 278 g/mol. The lowest BCUT2D eigenvalue weighted by atomic mass is 9.73. The number of carbonyl (C=O) groups excluding carboxylic acids is 2. The molecule has 0 bridgehead atoms. The Hall–Kier alpha value is -2.30. The number of nitrogens with one attached hydrogen (secondary N) is 1. The van der Waals surface area contributed by atoms with Crippen molar-refractivity contribution in [2.75, 3.05) is 26.2 Å². The van der Waals surface area contributed by atoms with Crippen LogP contribution in [0, 0.1) is 12.3 Å². The summed E-state index contributed by atoms with van der Waals surface area (Å²) in [6, 6.07) is 8.11. The molecule has 22 heavy (non-hydrogen) atoms. The fraction of sp³-hybridized carbons (Fsp3) is 0.412. The third-order valence-electron chi connectivity index (χ3n) is 4.44. The summed E-state index contributed by atoms with van der Waals surface area (Å²) in [6.45, 7) is 9.01. The molecule has 0 radical (unpaired) electrons. The van der Waals surface area contributed by atoms with Gasteiger partial charge in [0, 0.05) is 38.1 Å². The Balaban J connectivity index is 1.42. The Morgan fingerprint density at radius 1 is 1.18 bits per heavy atom. The molecule has 1 spiro atoms. The van der Waals surface area contributed by atoms with E-state index in [9.17, 15) is 9.59 Å². The van der Waals surface area contributed by atoms with Crippen LogP contribution >= 0.6 is 0 Å². The molecule has 1 N–H and O–H groups in total. The van der Waals surface area contributed by atoms with Crippen LogP contribution in [0.5, 0.6) is 0 Å². The van der Waals surface area contributed by atoms with Crippen LogP contribution in [0.15, 0.2) is 36.9 Å². The minimum Gasteiger partial charge on any atom is -0.338 e. The van der Waals surface area contributed by atoms with Crippen molar-refractivity contribution < 1.29 is 9.59 Å². The summed E-state index contributed by atoms with van der Waals surface area (Å²) in [7, 11) is 0. The SMILES string of the molecule is C=CC(=O)N1CC2(C1)CN(C(=O)NCc1ccc(C)cc1)C2. The van der Waals surface area contributed by atoms with Crippen molar-refractivity contribution in [3.8, 4) is 0 Å². The molecule has 116 valence electrons. The number of rotatable bonds is 3. The highest BCUT2D eigenvalue weighted by Crippen LogP contribution is 2.39. The Bertz CT molecular complexity index is 595. The first-order chi connectivity index (χ1) is 10.5. The predicted octanol–water partition coefficient (Wildman–Crippen LogP) is 1.53.